The van der Waals surface area contributed by atoms with E-state index >= 15 is 0 Å². The van der Waals surface area contributed by atoms with Gasteiger partial charge in [-0.05, 0) is 44.9 Å². The van der Waals surface area contributed by atoms with Crippen molar-refractivity contribution >= 4 is 23.6 Å². The van der Waals surface area contributed by atoms with Crippen molar-refractivity contribution in [2.24, 2.45) is 4.99 Å². The average Bonchev–Trinajstić information content (AvgIpc) is 2.62. The highest BCUT2D eigenvalue weighted by atomic mass is 16.2. The molecule has 1 aromatic heterocycles. The molecule has 142 valence electrons. The van der Waals surface area contributed by atoms with Crippen LogP contribution in [0.4, 0.5) is 16.4 Å². The van der Waals surface area contributed by atoms with E-state index in [1.54, 1.807) is 0 Å². The Morgan fingerprint density at radius 1 is 1.04 bits per heavy atom. The van der Waals surface area contributed by atoms with Gasteiger partial charge in [-0.3, -0.25) is 5.32 Å². The molecule has 0 atom stereocenters. The Morgan fingerprint density at radius 2 is 1.70 bits per heavy atom. The predicted molar refractivity (Wildman–Crippen MR) is 107 cm³/mol. The molecular formula is C20H26N6O. The number of nitrogens with zero attached hydrogens (tertiary/aromatic N) is 3. The molecule has 1 aromatic carbocycles. The van der Waals surface area contributed by atoms with E-state index in [0.29, 0.717) is 11.9 Å². The molecule has 1 heterocycles. The van der Waals surface area contributed by atoms with Gasteiger partial charge in [-0.15, -0.1) is 0 Å². The maximum atomic E-state index is 12.5. The topological polar surface area (TPSA) is 91.3 Å². The van der Waals surface area contributed by atoms with Crippen LogP contribution >= 0.6 is 0 Å². The quantitative estimate of drug-likeness (QED) is 0.569. The van der Waals surface area contributed by atoms with Crippen LogP contribution in [0.5, 0.6) is 0 Å². The Labute approximate surface area is 159 Å². The molecule has 0 unspecified atom stereocenters. The second-order valence-corrected chi connectivity index (χ2v) is 6.84. The number of rotatable bonds is 3. The maximum absolute atomic E-state index is 12.5. The highest BCUT2D eigenvalue weighted by molar-refractivity contribution is 6.04. The normalized spacial score (nSPS) is 15.3. The van der Waals surface area contributed by atoms with Crippen LogP contribution in [0, 0.1) is 13.8 Å². The monoisotopic (exact) mass is 366 g/mol. The molecule has 0 saturated heterocycles. The fourth-order valence-corrected chi connectivity index (χ4v) is 3.18. The Balaban J connectivity index is 1.76. The van der Waals surface area contributed by atoms with Crippen molar-refractivity contribution in [3.63, 3.8) is 0 Å². The number of amides is 2. The number of guanidine groups is 1. The molecule has 1 aliphatic carbocycles. The van der Waals surface area contributed by atoms with E-state index in [9.17, 15) is 4.79 Å². The van der Waals surface area contributed by atoms with Gasteiger partial charge < -0.3 is 10.6 Å². The third-order valence-corrected chi connectivity index (χ3v) is 4.39. The van der Waals surface area contributed by atoms with Crippen molar-refractivity contribution in [3.05, 3.63) is 47.8 Å². The van der Waals surface area contributed by atoms with Gasteiger partial charge in [-0.1, -0.05) is 37.5 Å². The standard InChI is InChI=1S/C20H26N6O/c1-14-13-15(2)22-18(21-14)25-19(23-16-9-5-3-6-10-16)26-20(27)24-17-11-7-4-8-12-17/h3,5-6,9-10,13,17H,4,7-8,11-12H2,1-2H3,(H3,21,22,23,24,25,26,27). The summed E-state index contributed by atoms with van der Waals surface area (Å²) in [7, 11) is 0. The van der Waals surface area contributed by atoms with Crippen LogP contribution in [-0.4, -0.2) is 28.0 Å². The lowest BCUT2D eigenvalue weighted by Crippen LogP contribution is -2.47. The van der Waals surface area contributed by atoms with Gasteiger partial charge in [0, 0.05) is 23.1 Å². The summed E-state index contributed by atoms with van der Waals surface area (Å²) in [6, 6.07) is 11.4. The van der Waals surface area contributed by atoms with Gasteiger partial charge in [-0.2, -0.15) is 4.99 Å². The molecule has 3 rings (SSSR count). The first kappa shape index (κ1) is 18.8. The first-order valence-electron chi connectivity index (χ1n) is 9.39. The number of carbonyl (C=O) groups excluding carboxylic acids is 1. The molecule has 1 aliphatic rings. The van der Waals surface area contributed by atoms with Crippen molar-refractivity contribution in [2.75, 3.05) is 5.32 Å². The molecular weight excluding hydrogens is 340 g/mol. The Bertz CT molecular complexity index is 779. The summed E-state index contributed by atoms with van der Waals surface area (Å²) in [6.07, 6.45) is 5.60. The van der Waals surface area contributed by atoms with Crippen LogP contribution in [-0.2, 0) is 0 Å². The van der Waals surface area contributed by atoms with E-state index in [4.69, 9.17) is 0 Å². The number of nitrogens with one attached hydrogen (secondary N) is 3. The summed E-state index contributed by atoms with van der Waals surface area (Å²) in [5, 5.41) is 8.97. The smallest absolute Gasteiger partial charge is 0.321 e. The van der Waals surface area contributed by atoms with Crippen LogP contribution in [0.25, 0.3) is 0 Å². The van der Waals surface area contributed by atoms with Crippen molar-refractivity contribution in [2.45, 2.75) is 52.0 Å². The van der Waals surface area contributed by atoms with E-state index in [-0.39, 0.29) is 12.1 Å². The van der Waals surface area contributed by atoms with Gasteiger partial charge in [-0.25, -0.2) is 14.8 Å². The largest absolute Gasteiger partial charge is 0.335 e. The lowest BCUT2D eigenvalue weighted by molar-refractivity contribution is 0.237. The molecule has 27 heavy (non-hydrogen) atoms. The summed E-state index contributed by atoms with van der Waals surface area (Å²) in [6.45, 7) is 3.78. The molecule has 0 radical (unpaired) electrons. The molecule has 2 aromatic rings. The van der Waals surface area contributed by atoms with Crippen molar-refractivity contribution in [3.8, 4) is 0 Å². The van der Waals surface area contributed by atoms with Gasteiger partial charge >= 0.3 is 6.03 Å². The zero-order valence-electron chi connectivity index (χ0n) is 15.8. The van der Waals surface area contributed by atoms with E-state index in [1.165, 1.54) is 6.42 Å². The maximum Gasteiger partial charge on any atom is 0.321 e. The fraction of sp³-hybridized carbons (Fsp3) is 0.400. The molecule has 0 aliphatic heterocycles. The lowest BCUT2D eigenvalue weighted by Gasteiger charge is -2.23. The van der Waals surface area contributed by atoms with Gasteiger partial charge in [0.1, 0.15) is 0 Å². The van der Waals surface area contributed by atoms with Crippen LogP contribution in [0.3, 0.4) is 0 Å². The fourth-order valence-electron chi connectivity index (χ4n) is 3.18. The lowest BCUT2D eigenvalue weighted by atomic mass is 9.96. The van der Waals surface area contributed by atoms with Crippen LogP contribution < -0.4 is 16.0 Å². The van der Waals surface area contributed by atoms with Crippen LogP contribution in [0.1, 0.15) is 43.5 Å². The number of urea groups is 1. The number of aromatic nitrogens is 2. The number of aliphatic imine (C=N–C) groups is 1. The summed E-state index contributed by atoms with van der Waals surface area (Å²) in [5.41, 5.74) is 2.47. The minimum absolute atomic E-state index is 0.217. The van der Waals surface area contributed by atoms with Crippen LogP contribution in [0.15, 0.2) is 41.4 Å². The number of hydrogen-bond donors (Lipinski definition) is 3. The number of hydrogen-bond acceptors (Lipinski definition) is 4. The Hall–Kier alpha value is -2.96. The first-order chi connectivity index (χ1) is 13.1. The minimum Gasteiger partial charge on any atom is -0.335 e. The summed E-state index contributed by atoms with van der Waals surface area (Å²) in [5.74, 6) is 0.600. The summed E-state index contributed by atoms with van der Waals surface area (Å²) < 4.78 is 0. The van der Waals surface area contributed by atoms with Crippen LogP contribution in [0.2, 0.25) is 0 Å². The van der Waals surface area contributed by atoms with E-state index in [2.05, 4.69) is 30.9 Å². The summed E-state index contributed by atoms with van der Waals surface area (Å²) in [4.78, 5) is 25.5. The summed E-state index contributed by atoms with van der Waals surface area (Å²) >= 11 is 0. The number of para-hydroxylation sites is 1. The third-order valence-electron chi connectivity index (χ3n) is 4.39. The second kappa shape index (κ2) is 9.12. The van der Waals surface area contributed by atoms with Crippen molar-refractivity contribution in [1.82, 2.24) is 20.6 Å². The molecule has 7 nitrogen and oxygen atoms in total. The molecule has 7 heteroatoms. The molecule has 1 fully saturated rings. The minimum atomic E-state index is -0.270. The first-order valence-corrected chi connectivity index (χ1v) is 9.39. The van der Waals surface area contributed by atoms with Gasteiger partial charge in [0.15, 0.2) is 0 Å². The number of anilines is 1. The average molecular weight is 366 g/mol. The number of aryl methyl sites for hydroxylation is 2. The Kier molecular flexibility index (Phi) is 6.35. The zero-order valence-corrected chi connectivity index (χ0v) is 15.8. The molecule has 1 saturated carbocycles. The Morgan fingerprint density at radius 3 is 2.37 bits per heavy atom. The molecule has 0 spiro atoms. The molecule has 2 amide bonds. The van der Waals surface area contributed by atoms with E-state index in [1.807, 2.05) is 50.2 Å². The zero-order chi connectivity index (χ0) is 19.1. The second-order valence-electron chi connectivity index (χ2n) is 6.84. The van der Waals surface area contributed by atoms with Gasteiger partial charge in [0.25, 0.3) is 5.95 Å². The number of benzene rings is 1. The van der Waals surface area contributed by atoms with Gasteiger partial charge in [0.05, 0.1) is 0 Å². The molecule has 0 bridgehead atoms. The van der Waals surface area contributed by atoms with Gasteiger partial charge in [0.2, 0.25) is 5.96 Å². The molecule has 3 N–H and O–H groups in total. The highest BCUT2D eigenvalue weighted by Crippen LogP contribution is 2.17. The number of carbonyl (C=O) groups is 1. The van der Waals surface area contributed by atoms with E-state index < -0.39 is 0 Å². The SMILES string of the molecule is Cc1cc(C)nc(N=C(NC(=O)NC2CCCCC2)Nc2ccccc2)n1. The highest BCUT2D eigenvalue weighted by Gasteiger charge is 2.16. The van der Waals surface area contributed by atoms with Crippen molar-refractivity contribution in [1.29, 1.82) is 0 Å². The van der Waals surface area contributed by atoms with Crippen molar-refractivity contribution < 1.29 is 4.79 Å². The predicted octanol–water partition coefficient (Wildman–Crippen LogP) is 3.82. The third kappa shape index (κ3) is 6.06. The van der Waals surface area contributed by atoms with E-state index in [0.717, 1.165) is 42.8 Å².